The molecule has 1 atom stereocenters. The van der Waals surface area contributed by atoms with E-state index in [1.54, 1.807) is 13.0 Å². The van der Waals surface area contributed by atoms with E-state index in [2.05, 4.69) is 5.32 Å². The summed E-state index contributed by atoms with van der Waals surface area (Å²) in [5.74, 6) is 0. The van der Waals surface area contributed by atoms with Gasteiger partial charge < -0.3 is 5.32 Å². The summed E-state index contributed by atoms with van der Waals surface area (Å²) in [4.78, 5) is 0. The topological polar surface area (TPSA) is 12.0 Å². The van der Waals surface area contributed by atoms with E-state index in [1.165, 1.54) is 12.1 Å². The molecule has 0 bridgehead atoms. The van der Waals surface area contributed by atoms with Crippen LogP contribution in [0.15, 0.2) is 48.5 Å². The first-order valence-electron chi connectivity index (χ1n) is 6.83. The van der Waals surface area contributed by atoms with Crippen molar-refractivity contribution in [1.82, 2.24) is 5.32 Å². The van der Waals surface area contributed by atoms with Gasteiger partial charge in [0, 0.05) is 12.6 Å². The molecule has 2 rings (SSSR count). The van der Waals surface area contributed by atoms with Gasteiger partial charge in [0.1, 0.15) is 0 Å². The number of benzene rings is 2. The van der Waals surface area contributed by atoms with Gasteiger partial charge in [-0.3, -0.25) is 0 Å². The van der Waals surface area contributed by atoms with Gasteiger partial charge in [0.15, 0.2) is 0 Å². The lowest BCUT2D eigenvalue weighted by Gasteiger charge is -2.19. The fourth-order valence-electron chi connectivity index (χ4n) is 2.34. The maximum absolute atomic E-state index is 13.0. The van der Waals surface area contributed by atoms with Crippen molar-refractivity contribution in [2.45, 2.75) is 32.6 Å². The summed E-state index contributed by atoms with van der Waals surface area (Å²) < 4.78 is 39.0. The first-order chi connectivity index (χ1) is 9.88. The molecule has 0 saturated heterocycles. The van der Waals surface area contributed by atoms with Gasteiger partial charge in [-0.1, -0.05) is 48.0 Å². The van der Waals surface area contributed by atoms with Crippen molar-refractivity contribution in [3.63, 3.8) is 0 Å². The van der Waals surface area contributed by atoms with Crippen LogP contribution in [0.2, 0.25) is 0 Å². The van der Waals surface area contributed by atoms with Crippen LogP contribution in [0.5, 0.6) is 0 Å². The number of hydrogen-bond donors (Lipinski definition) is 1. The molecular formula is C17H18F3N. The normalized spacial score (nSPS) is 13.2. The largest absolute Gasteiger partial charge is 0.416 e. The highest BCUT2D eigenvalue weighted by atomic mass is 19.4. The van der Waals surface area contributed by atoms with Gasteiger partial charge in [0.25, 0.3) is 0 Å². The smallest absolute Gasteiger partial charge is 0.306 e. The highest BCUT2D eigenvalue weighted by molar-refractivity contribution is 5.32. The van der Waals surface area contributed by atoms with Crippen LogP contribution in [0.3, 0.4) is 0 Å². The Morgan fingerprint density at radius 3 is 2.43 bits per heavy atom. The second kappa shape index (κ2) is 6.31. The third-order valence-electron chi connectivity index (χ3n) is 3.43. The maximum atomic E-state index is 13.0. The second-order valence-electron chi connectivity index (χ2n) is 5.18. The van der Waals surface area contributed by atoms with Crippen LogP contribution in [0.4, 0.5) is 13.2 Å². The summed E-state index contributed by atoms with van der Waals surface area (Å²) >= 11 is 0. The molecule has 0 spiro atoms. The maximum Gasteiger partial charge on any atom is 0.416 e. The summed E-state index contributed by atoms with van der Waals surface area (Å²) in [6, 6.07) is 13.2. The number of halogens is 3. The molecule has 0 radical (unpaired) electrons. The Morgan fingerprint density at radius 1 is 1.05 bits per heavy atom. The minimum absolute atomic E-state index is 0.276. The predicted molar refractivity (Wildman–Crippen MR) is 77.9 cm³/mol. The van der Waals surface area contributed by atoms with E-state index in [4.69, 9.17) is 0 Å². The molecular weight excluding hydrogens is 275 g/mol. The predicted octanol–water partition coefficient (Wildman–Crippen LogP) is 4.86. The first kappa shape index (κ1) is 15.6. The molecule has 0 aromatic heterocycles. The van der Waals surface area contributed by atoms with Crippen molar-refractivity contribution in [2.24, 2.45) is 0 Å². The van der Waals surface area contributed by atoms with E-state index in [0.717, 1.165) is 17.2 Å². The van der Waals surface area contributed by atoms with Gasteiger partial charge >= 0.3 is 6.18 Å². The van der Waals surface area contributed by atoms with Gasteiger partial charge in [-0.05, 0) is 31.0 Å². The average molecular weight is 293 g/mol. The van der Waals surface area contributed by atoms with E-state index in [-0.39, 0.29) is 11.6 Å². The van der Waals surface area contributed by atoms with Crippen molar-refractivity contribution in [2.75, 3.05) is 0 Å². The summed E-state index contributed by atoms with van der Waals surface area (Å²) in [6.45, 7) is 4.28. The molecule has 0 saturated carbocycles. The number of rotatable bonds is 4. The van der Waals surface area contributed by atoms with Crippen molar-refractivity contribution >= 4 is 0 Å². The van der Waals surface area contributed by atoms with E-state index >= 15 is 0 Å². The Labute approximate surface area is 122 Å². The highest BCUT2D eigenvalue weighted by Gasteiger charge is 2.33. The van der Waals surface area contributed by atoms with Crippen LogP contribution >= 0.6 is 0 Å². The zero-order chi connectivity index (χ0) is 15.5. The fraction of sp³-hybridized carbons (Fsp3) is 0.294. The Bertz CT molecular complexity index is 605. The Hall–Kier alpha value is -1.81. The standard InChI is InChI=1S/C17H18F3N/c1-12-6-5-7-14(10-12)11-21-13(2)15-8-3-4-9-16(15)17(18,19)20/h3-10,13,21H,11H2,1-2H3. The average Bonchev–Trinajstić information content (AvgIpc) is 2.44. The first-order valence-corrected chi connectivity index (χ1v) is 6.83. The van der Waals surface area contributed by atoms with Gasteiger partial charge in [0.2, 0.25) is 0 Å². The molecule has 0 heterocycles. The van der Waals surface area contributed by atoms with Crippen molar-refractivity contribution in [3.8, 4) is 0 Å². The molecule has 1 nitrogen and oxygen atoms in total. The lowest BCUT2D eigenvalue weighted by molar-refractivity contribution is -0.138. The monoisotopic (exact) mass is 293 g/mol. The van der Waals surface area contributed by atoms with Crippen LogP contribution in [-0.2, 0) is 12.7 Å². The van der Waals surface area contributed by atoms with Crippen LogP contribution in [0.1, 0.15) is 35.2 Å². The number of nitrogens with one attached hydrogen (secondary N) is 1. The minimum atomic E-state index is -4.32. The van der Waals surface area contributed by atoms with Crippen LogP contribution in [0.25, 0.3) is 0 Å². The lowest BCUT2D eigenvalue weighted by atomic mass is 10.0. The summed E-state index contributed by atoms with van der Waals surface area (Å²) in [5.41, 5.74) is 1.90. The van der Waals surface area contributed by atoms with Crippen molar-refractivity contribution < 1.29 is 13.2 Å². The number of alkyl halides is 3. The minimum Gasteiger partial charge on any atom is -0.306 e. The molecule has 0 amide bonds. The molecule has 1 N–H and O–H groups in total. The van der Waals surface area contributed by atoms with E-state index in [1.807, 2.05) is 31.2 Å². The van der Waals surface area contributed by atoms with E-state index in [0.29, 0.717) is 6.54 Å². The third-order valence-corrected chi connectivity index (χ3v) is 3.43. The molecule has 0 fully saturated rings. The number of hydrogen-bond acceptors (Lipinski definition) is 1. The third kappa shape index (κ3) is 4.08. The van der Waals surface area contributed by atoms with Crippen LogP contribution in [-0.4, -0.2) is 0 Å². The Kier molecular flexibility index (Phi) is 4.68. The van der Waals surface area contributed by atoms with Gasteiger partial charge in [0.05, 0.1) is 5.56 Å². The van der Waals surface area contributed by atoms with Crippen LogP contribution in [0, 0.1) is 6.92 Å². The Balaban J connectivity index is 2.12. The molecule has 0 aliphatic carbocycles. The molecule has 0 aliphatic heterocycles. The van der Waals surface area contributed by atoms with Gasteiger partial charge in [-0.25, -0.2) is 0 Å². The van der Waals surface area contributed by atoms with E-state index in [9.17, 15) is 13.2 Å². The quantitative estimate of drug-likeness (QED) is 0.848. The SMILES string of the molecule is Cc1cccc(CNC(C)c2ccccc2C(F)(F)F)c1. The van der Waals surface area contributed by atoms with Gasteiger partial charge in [-0.2, -0.15) is 13.2 Å². The molecule has 0 aliphatic rings. The zero-order valence-electron chi connectivity index (χ0n) is 12.0. The zero-order valence-corrected chi connectivity index (χ0v) is 12.0. The van der Waals surface area contributed by atoms with E-state index < -0.39 is 11.7 Å². The molecule has 2 aromatic carbocycles. The summed E-state index contributed by atoms with van der Waals surface area (Å²) in [5, 5.41) is 3.15. The number of aryl methyl sites for hydroxylation is 1. The Morgan fingerprint density at radius 2 is 1.76 bits per heavy atom. The molecule has 1 unspecified atom stereocenters. The molecule has 112 valence electrons. The summed E-state index contributed by atoms with van der Waals surface area (Å²) in [7, 11) is 0. The van der Waals surface area contributed by atoms with Crippen molar-refractivity contribution in [1.29, 1.82) is 0 Å². The molecule has 4 heteroatoms. The summed E-state index contributed by atoms with van der Waals surface area (Å²) in [6.07, 6.45) is -4.32. The van der Waals surface area contributed by atoms with Crippen LogP contribution < -0.4 is 5.32 Å². The van der Waals surface area contributed by atoms with Crippen molar-refractivity contribution in [3.05, 3.63) is 70.8 Å². The fourth-order valence-corrected chi connectivity index (χ4v) is 2.34. The molecule has 2 aromatic rings. The molecule has 21 heavy (non-hydrogen) atoms. The van der Waals surface area contributed by atoms with Gasteiger partial charge in [-0.15, -0.1) is 0 Å². The lowest BCUT2D eigenvalue weighted by Crippen LogP contribution is -2.21. The second-order valence-corrected chi connectivity index (χ2v) is 5.18. The highest BCUT2D eigenvalue weighted by Crippen LogP contribution is 2.34.